The second kappa shape index (κ2) is 5.13. The highest BCUT2D eigenvalue weighted by atomic mass is 32.1. The first-order chi connectivity index (χ1) is 9.28. The van der Waals surface area contributed by atoms with Crippen molar-refractivity contribution in [1.82, 2.24) is 4.98 Å². The smallest absolute Gasteiger partial charge is 0.358 e. The maximum absolute atomic E-state index is 11.8. The van der Waals surface area contributed by atoms with Crippen LogP contribution in [0.15, 0.2) is 30.3 Å². The van der Waals surface area contributed by atoms with E-state index in [0.29, 0.717) is 5.69 Å². The molecule has 0 bridgehead atoms. The number of methoxy groups -OCH3 is 1. The van der Waals surface area contributed by atoms with Gasteiger partial charge in [0.25, 0.3) is 0 Å². The van der Waals surface area contributed by atoms with Crippen LogP contribution in [0.1, 0.15) is 28.3 Å². The number of rotatable bonds is 4. The van der Waals surface area contributed by atoms with Crippen molar-refractivity contribution < 1.29 is 9.53 Å². The third-order valence-electron chi connectivity index (χ3n) is 3.25. The van der Waals surface area contributed by atoms with Crippen LogP contribution in [0.5, 0.6) is 0 Å². The zero-order valence-corrected chi connectivity index (χ0v) is 11.6. The molecule has 3 nitrogen and oxygen atoms in total. The molecule has 0 spiro atoms. The highest BCUT2D eigenvalue weighted by Gasteiger charge is 2.26. The Balaban J connectivity index is 1.99. The van der Waals surface area contributed by atoms with Gasteiger partial charge in [0.15, 0.2) is 5.69 Å². The van der Waals surface area contributed by atoms with Gasteiger partial charge in [-0.15, -0.1) is 11.3 Å². The second-order valence-corrected chi connectivity index (χ2v) is 5.87. The van der Waals surface area contributed by atoms with Crippen LogP contribution in [0.2, 0.25) is 0 Å². The van der Waals surface area contributed by atoms with Crippen molar-refractivity contribution in [1.29, 1.82) is 0 Å². The molecule has 4 heteroatoms. The SMILES string of the molecule is COC(=O)c1nc(CC2CC2)sc1-c1ccccc1. The summed E-state index contributed by atoms with van der Waals surface area (Å²) >= 11 is 1.61. The van der Waals surface area contributed by atoms with Gasteiger partial charge in [-0.05, 0) is 24.3 Å². The monoisotopic (exact) mass is 273 g/mol. The van der Waals surface area contributed by atoms with E-state index in [-0.39, 0.29) is 5.97 Å². The molecule has 1 aromatic carbocycles. The van der Waals surface area contributed by atoms with Crippen molar-refractivity contribution in [3.63, 3.8) is 0 Å². The van der Waals surface area contributed by atoms with E-state index in [9.17, 15) is 4.79 Å². The zero-order chi connectivity index (χ0) is 13.2. The largest absolute Gasteiger partial charge is 0.464 e. The molecule has 2 aromatic rings. The van der Waals surface area contributed by atoms with E-state index in [1.54, 1.807) is 11.3 Å². The topological polar surface area (TPSA) is 39.2 Å². The summed E-state index contributed by atoms with van der Waals surface area (Å²) in [5, 5.41) is 1.04. The van der Waals surface area contributed by atoms with E-state index in [0.717, 1.165) is 27.8 Å². The van der Waals surface area contributed by atoms with E-state index in [1.165, 1.54) is 20.0 Å². The van der Waals surface area contributed by atoms with Crippen LogP contribution in [-0.4, -0.2) is 18.1 Å². The standard InChI is InChI=1S/C15H15NO2S/c1-18-15(17)13-14(11-5-3-2-4-6-11)19-12(16-13)9-10-7-8-10/h2-6,10H,7-9H2,1H3. The molecule has 0 aliphatic heterocycles. The molecule has 0 radical (unpaired) electrons. The zero-order valence-electron chi connectivity index (χ0n) is 10.8. The number of benzene rings is 1. The fraction of sp³-hybridized carbons (Fsp3) is 0.333. The van der Waals surface area contributed by atoms with Gasteiger partial charge in [-0.1, -0.05) is 30.3 Å². The van der Waals surface area contributed by atoms with Gasteiger partial charge in [0, 0.05) is 6.42 Å². The third-order valence-corrected chi connectivity index (χ3v) is 4.37. The quantitative estimate of drug-likeness (QED) is 0.800. The summed E-state index contributed by atoms with van der Waals surface area (Å²) in [7, 11) is 1.40. The Morgan fingerprint density at radius 3 is 2.74 bits per heavy atom. The molecule has 19 heavy (non-hydrogen) atoms. The Kier molecular flexibility index (Phi) is 3.34. The number of aromatic nitrogens is 1. The summed E-state index contributed by atoms with van der Waals surface area (Å²) in [6, 6.07) is 9.91. The minimum absolute atomic E-state index is 0.350. The predicted molar refractivity (Wildman–Crippen MR) is 75.3 cm³/mol. The van der Waals surface area contributed by atoms with Crippen LogP contribution in [-0.2, 0) is 11.2 Å². The van der Waals surface area contributed by atoms with Crippen molar-refractivity contribution in [3.8, 4) is 10.4 Å². The molecule has 98 valence electrons. The molecule has 3 rings (SSSR count). The Labute approximate surface area is 116 Å². The Hall–Kier alpha value is -1.68. The van der Waals surface area contributed by atoms with Gasteiger partial charge >= 0.3 is 5.97 Å². The molecule has 0 amide bonds. The number of esters is 1. The minimum atomic E-state index is -0.350. The van der Waals surface area contributed by atoms with Crippen LogP contribution in [0.3, 0.4) is 0 Å². The summed E-state index contributed by atoms with van der Waals surface area (Å²) in [4.78, 5) is 17.2. The van der Waals surface area contributed by atoms with Gasteiger partial charge in [-0.3, -0.25) is 0 Å². The van der Waals surface area contributed by atoms with Crippen molar-refractivity contribution in [2.45, 2.75) is 19.3 Å². The molecule has 0 atom stereocenters. The molecule has 1 fully saturated rings. The van der Waals surface area contributed by atoms with Crippen molar-refractivity contribution >= 4 is 17.3 Å². The molecule has 1 aromatic heterocycles. The average Bonchev–Trinajstić information content (AvgIpc) is 3.16. The van der Waals surface area contributed by atoms with Gasteiger partial charge in [-0.25, -0.2) is 9.78 Å². The number of carbonyl (C=O) groups excluding carboxylic acids is 1. The van der Waals surface area contributed by atoms with Crippen molar-refractivity contribution in [2.75, 3.05) is 7.11 Å². The summed E-state index contributed by atoms with van der Waals surface area (Å²) in [6.07, 6.45) is 3.56. The van der Waals surface area contributed by atoms with Crippen LogP contribution in [0.25, 0.3) is 10.4 Å². The summed E-state index contributed by atoms with van der Waals surface area (Å²) in [5.41, 5.74) is 1.48. The molecular weight excluding hydrogens is 258 g/mol. The summed E-state index contributed by atoms with van der Waals surface area (Å²) in [5.74, 6) is 0.414. The number of nitrogens with zero attached hydrogens (tertiary/aromatic N) is 1. The Bertz CT molecular complexity index is 587. The normalized spacial score (nSPS) is 14.4. The molecule has 1 heterocycles. The molecule has 1 aliphatic carbocycles. The van der Waals surface area contributed by atoms with E-state index >= 15 is 0 Å². The average molecular weight is 273 g/mol. The van der Waals surface area contributed by atoms with Gasteiger partial charge in [-0.2, -0.15) is 0 Å². The lowest BCUT2D eigenvalue weighted by atomic mass is 10.1. The van der Waals surface area contributed by atoms with E-state index < -0.39 is 0 Å². The molecule has 0 unspecified atom stereocenters. The first-order valence-electron chi connectivity index (χ1n) is 6.41. The van der Waals surface area contributed by atoms with Crippen molar-refractivity contribution in [3.05, 3.63) is 41.0 Å². The van der Waals surface area contributed by atoms with Gasteiger partial charge in [0.05, 0.1) is 17.0 Å². The summed E-state index contributed by atoms with van der Waals surface area (Å²) < 4.78 is 4.84. The number of hydrogen-bond acceptors (Lipinski definition) is 4. The fourth-order valence-corrected chi connectivity index (χ4v) is 3.21. The van der Waals surface area contributed by atoms with Crippen molar-refractivity contribution in [2.24, 2.45) is 5.92 Å². The van der Waals surface area contributed by atoms with E-state index in [2.05, 4.69) is 4.98 Å². The number of carbonyl (C=O) groups is 1. The highest BCUT2D eigenvalue weighted by Crippen LogP contribution is 2.37. The van der Waals surface area contributed by atoms with Gasteiger partial charge in [0.2, 0.25) is 0 Å². The number of ether oxygens (including phenoxy) is 1. The highest BCUT2D eigenvalue weighted by molar-refractivity contribution is 7.15. The molecular formula is C15H15NO2S. The maximum Gasteiger partial charge on any atom is 0.358 e. The third kappa shape index (κ3) is 2.68. The molecule has 0 N–H and O–H groups in total. The molecule has 1 saturated carbocycles. The lowest BCUT2D eigenvalue weighted by Gasteiger charge is -1.99. The molecule has 0 saturated heterocycles. The first-order valence-corrected chi connectivity index (χ1v) is 7.23. The summed E-state index contributed by atoms with van der Waals surface area (Å²) in [6.45, 7) is 0. The lowest BCUT2D eigenvalue weighted by molar-refractivity contribution is 0.0595. The lowest BCUT2D eigenvalue weighted by Crippen LogP contribution is -2.03. The number of thiazole rings is 1. The minimum Gasteiger partial charge on any atom is -0.464 e. The van der Waals surface area contributed by atoms with E-state index in [4.69, 9.17) is 4.74 Å². The van der Waals surface area contributed by atoms with E-state index in [1.807, 2.05) is 30.3 Å². The van der Waals surface area contributed by atoms with Gasteiger partial charge < -0.3 is 4.74 Å². The van der Waals surface area contributed by atoms with Crippen LogP contribution < -0.4 is 0 Å². The Morgan fingerprint density at radius 2 is 2.11 bits per heavy atom. The van der Waals surface area contributed by atoms with Crippen LogP contribution in [0.4, 0.5) is 0 Å². The molecule has 1 aliphatic rings. The second-order valence-electron chi connectivity index (χ2n) is 4.79. The van der Waals surface area contributed by atoms with Crippen LogP contribution >= 0.6 is 11.3 Å². The van der Waals surface area contributed by atoms with Gasteiger partial charge in [0.1, 0.15) is 0 Å². The fourth-order valence-electron chi connectivity index (χ4n) is 2.04. The predicted octanol–water partition coefficient (Wildman–Crippen LogP) is 3.55. The Morgan fingerprint density at radius 1 is 1.37 bits per heavy atom. The first kappa shape index (κ1) is 12.4. The number of hydrogen-bond donors (Lipinski definition) is 0. The maximum atomic E-state index is 11.8. The van der Waals surface area contributed by atoms with Crippen LogP contribution in [0, 0.1) is 5.92 Å².